The number of aryl methyl sites for hydroxylation is 1. The molecule has 3 aliphatic rings. The normalized spacial score (nSPS) is 15.7. The molecule has 5 aromatic rings. The second-order valence-electron chi connectivity index (χ2n) is 12.1. The summed E-state index contributed by atoms with van der Waals surface area (Å²) in [6.07, 6.45) is 8.75. The Morgan fingerprint density at radius 3 is 2.00 bits per heavy atom. The van der Waals surface area contributed by atoms with Crippen LogP contribution in [0.1, 0.15) is 49.1 Å². The van der Waals surface area contributed by atoms with Crippen LogP contribution in [0.2, 0.25) is 0 Å². The zero-order valence-corrected chi connectivity index (χ0v) is 25.2. The van der Waals surface area contributed by atoms with Crippen molar-refractivity contribution in [1.29, 1.82) is 0 Å². The molecule has 2 heterocycles. The molecule has 0 unspecified atom stereocenters. The van der Waals surface area contributed by atoms with Crippen LogP contribution >= 0.6 is 11.8 Å². The van der Waals surface area contributed by atoms with Gasteiger partial charge in [0.15, 0.2) is 0 Å². The number of nitrogens with zero attached hydrogens (tertiary/aromatic N) is 2. The quantitative estimate of drug-likeness (QED) is 0.156. The first kappa shape index (κ1) is 25.8. The van der Waals surface area contributed by atoms with Crippen molar-refractivity contribution in [3.63, 3.8) is 0 Å². The highest BCUT2D eigenvalue weighted by atomic mass is 32.2. The van der Waals surface area contributed by atoms with Crippen molar-refractivity contribution in [3.05, 3.63) is 120 Å². The molecule has 1 saturated carbocycles. The summed E-state index contributed by atoms with van der Waals surface area (Å²) in [5.41, 5.74) is 14.7. The molecule has 5 aromatic carbocycles. The molecule has 1 aliphatic carbocycles. The Hall–Kier alpha value is -3.89. The van der Waals surface area contributed by atoms with Crippen LogP contribution in [0.5, 0.6) is 0 Å². The van der Waals surface area contributed by atoms with Crippen molar-refractivity contribution in [3.8, 4) is 0 Å². The topological polar surface area (TPSA) is 6.48 Å². The monoisotopic (exact) mass is 562 g/mol. The molecule has 0 saturated heterocycles. The van der Waals surface area contributed by atoms with Crippen molar-refractivity contribution in [2.75, 3.05) is 16.1 Å². The predicted molar refractivity (Wildman–Crippen MR) is 183 cm³/mol. The Morgan fingerprint density at radius 1 is 0.619 bits per heavy atom. The molecule has 8 rings (SSSR count). The zero-order chi connectivity index (χ0) is 28.2. The summed E-state index contributed by atoms with van der Waals surface area (Å²) in [4.78, 5) is 6.39. The molecule has 0 radical (unpaired) electrons. The smallest absolute Gasteiger partial charge is 0.252 e. The number of fused-ring (bicyclic) bond motifs is 4. The predicted octanol–water partition coefficient (Wildman–Crippen LogP) is 8.85. The van der Waals surface area contributed by atoms with Crippen LogP contribution in [0.15, 0.2) is 114 Å². The number of thioether (sulfide) groups is 1. The highest BCUT2D eigenvalue weighted by molar-refractivity contribution is 7.98. The number of hydrogen-bond donors (Lipinski definition) is 0. The molecule has 0 atom stereocenters. The molecule has 206 valence electrons. The average Bonchev–Trinajstić information content (AvgIpc) is 3.05. The maximum Gasteiger partial charge on any atom is 0.252 e. The molecule has 2 nitrogen and oxygen atoms in total. The molecular formula is C38H35BN2S. The Morgan fingerprint density at radius 2 is 1.26 bits per heavy atom. The van der Waals surface area contributed by atoms with Gasteiger partial charge < -0.3 is 9.80 Å². The van der Waals surface area contributed by atoms with Crippen LogP contribution in [-0.4, -0.2) is 13.0 Å². The molecule has 1 fully saturated rings. The third kappa shape index (κ3) is 4.11. The summed E-state index contributed by atoms with van der Waals surface area (Å²) in [5, 5.41) is 0. The Labute approximate surface area is 254 Å². The largest absolute Gasteiger partial charge is 0.311 e. The summed E-state index contributed by atoms with van der Waals surface area (Å²) < 4.78 is 0. The van der Waals surface area contributed by atoms with E-state index in [1.54, 1.807) is 0 Å². The maximum absolute atomic E-state index is 2.56. The highest BCUT2D eigenvalue weighted by Crippen LogP contribution is 2.47. The van der Waals surface area contributed by atoms with Gasteiger partial charge in [-0.1, -0.05) is 79.4 Å². The van der Waals surface area contributed by atoms with E-state index in [2.05, 4.69) is 132 Å². The fourth-order valence-corrected chi connectivity index (χ4v) is 8.00. The summed E-state index contributed by atoms with van der Waals surface area (Å²) in [7, 11) is 0. The lowest BCUT2D eigenvalue weighted by atomic mass is 9.33. The van der Waals surface area contributed by atoms with Crippen molar-refractivity contribution >= 4 is 69.0 Å². The van der Waals surface area contributed by atoms with Gasteiger partial charge in [0.1, 0.15) is 0 Å². The lowest BCUT2D eigenvalue weighted by molar-refractivity contribution is 0.444. The van der Waals surface area contributed by atoms with Crippen molar-refractivity contribution in [2.24, 2.45) is 0 Å². The second-order valence-corrected chi connectivity index (χ2v) is 12.9. The second kappa shape index (κ2) is 10.4. The van der Waals surface area contributed by atoms with Crippen LogP contribution < -0.4 is 26.2 Å². The van der Waals surface area contributed by atoms with E-state index < -0.39 is 0 Å². The van der Waals surface area contributed by atoms with Gasteiger partial charge >= 0.3 is 0 Å². The fourth-order valence-electron chi connectivity index (χ4n) is 7.57. The minimum atomic E-state index is 0.180. The van der Waals surface area contributed by atoms with Crippen LogP contribution in [0, 0.1) is 6.92 Å². The Bertz CT molecular complexity index is 1780. The van der Waals surface area contributed by atoms with Gasteiger partial charge in [-0.25, -0.2) is 0 Å². The standard InChI is InChI=1S/C38H35BN2S/c1-26-17-19-30(20-18-26)40-34-16-10-9-15-32(34)39-33-22-21-31(42-2)25-35(33)41(29-13-7-4-8-14-29)37-24-28(23-36(40)38(37)39)27-11-5-3-6-12-27/h4,7-10,13-25,27H,3,5-6,11-12H2,1-2H3. The van der Waals surface area contributed by atoms with E-state index >= 15 is 0 Å². The van der Waals surface area contributed by atoms with Gasteiger partial charge in [-0.05, 0) is 108 Å². The summed E-state index contributed by atoms with van der Waals surface area (Å²) in [6, 6.07) is 41.4. The van der Waals surface area contributed by atoms with Gasteiger partial charge in [0.05, 0.1) is 0 Å². The average molecular weight is 563 g/mol. The Balaban J connectivity index is 1.47. The van der Waals surface area contributed by atoms with Crippen molar-refractivity contribution in [2.45, 2.75) is 49.8 Å². The van der Waals surface area contributed by atoms with E-state index in [4.69, 9.17) is 0 Å². The highest BCUT2D eigenvalue weighted by Gasteiger charge is 2.43. The molecule has 0 bridgehead atoms. The number of benzene rings is 5. The van der Waals surface area contributed by atoms with E-state index in [1.165, 1.54) is 98.6 Å². The third-order valence-electron chi connectivity index (χ3n) is 9.59. The summed E-state index contributed by atoms with van der Waals surface area (Å²) in [5.74, 6) is 0.604. The maximum atomic E-state index is 2.56. The third-order valence-corrected chi connectivity index (χ3v) is 10.3. The van der Waals surface area contributed by atoms with E-state index in [9.17, 15) is 0 Å². The fraction of sp³-hybridized carbons (Fsp3) is 0.211. The lowest BCUT2D eigenvalue weighted by Gasteiger charge is -2.45. The molecular weight excluding hydrogens is 527 g/mol. The minimum Gasteiger partial charge on any atom is -0.311 e. The van der Waals surface area contributed by atoms with Gasteiger partial charge in [0.25, 0.3) is 6.71 Å². The van der Waals surface area contributed by atoms with E-state index in [0.717, 1.165) is 0 Å². The van der Waals surface area contributed by atoms with Gasteiger partial charge in [-0.3, -0.25) is 0 Å². The van der Waals surface area contributed by atoms with Crippen LogP contribution in [-0.2, 0) is 0 Å². The van der Waals surface area contributed by atoms with Gasteiger partial charge in [0, 0.05) is 39.0 Å². The van der Waals surface area contributed by atoms with Gasteiger partial charge in [-0.15, -0.1) is 11.8 Å². The Kier molecular flexibility index (Phi) is 6.41. The first-order chi connectivity index (χ1) is 20.7. The summed E-state index contributed by atoms with van der Waals surface area (Å²) in [6.45, 7) is 2.35. The van der Waals surface area contributed by atoms with Gasteiger partial charge in [-0.2, -0.15) is 0 Å². The lowest BCUT2D eigenvalue weighted by Crippen LogP contribution is -2.61. The van der Waals surface area contributed by atoms with Crippen LogP contribution in [0.4, 0.5) is 34.1 Å². The first-order valence-corrected chi connectivity index (χ1v) is 16.6. The minimum absolute atomic E-state index is 0.180. The number of hydrogen-bond acceptors (Lipinski definition) is 3. The SMILES string of the molecule is CSc1ccc2c(c1)N(c1ccccc1)c1cc(C3CCCCC3)cc3c1B2c1ccccc1N3c1ccc(C)cc1. The van der Waals surface area contributed by atoms with Crippen LogP contribution in [0.3, 0.4) is 0 Å². The van der Waals surface area contributed by atoms with Crippen LogP contribution in [0.25, 0.3) is 0 Å². The van der Waals surface area contributed by atoms with E-state index in [0.29, 0.717) is 5.92 Å². The summed E-state index contributed by atoms with van der Waals surface area (Å²) >= 11 is 1.82. The van der Waals surface area contributed by atoms with Crippen molar-refractivity contribution < 1.29 is 0 Å². The molecule has 0 N–H and O–H groups in total. The molecule has 0 amide bonds. The van der Waals surface area contributed by atoms with Gasteiger partial charge in [0.2, 0.25) is 0 Å². The first-order valence-electron chi connectivity index (χ1n) is 15.4. The van der Waals surface area contributed by atoms with Crippen molar-refractivity contribution in [1.82, 2.24) is 0 Å². The molecule has 4 heteroatoms. The molecule has 42 heavy (non-hydrogen) atoms. The molecule has 0 spiro atoms. The number of rotatable bonds is 4. The number of anilines is 6. The molecule has 2 aliphatic heterocycles. The number of para-hydroxylation sites is 2. The zero-order valence-electron chi connectivity index (χ0n) is 24.4. The van der Waals surface area contributed by atoms with E-state index in [1.807, 2.05) is 11.8 Å². The van der Waals surface area contributed by atoms with E-state index in [-0.39, 0.29) is 6.71 Å². The molecule has 0 aromatic heterocycles.